The molecule has 0 saturated heterocycles. The summed E-state index contributed by atoms with van der Waals surface area (Å²) in [5.41, 5.74) is 3.76. The molecule has 2 aliphatic heterocycles. The van der Waals surface area contributed by atoms with Crippen LogP contribution in [0.2, 0.25) is 0 Å². The molecule has 1 aromatic rings. The Labute approximate surface area is 95.6 Å². The lowest BCUT2D eigenvalue weighted by atomic mass is 10.1. The fourth-order valence-electron chi connectivity index (χ4n) is 2.12. The lowest BCUT2D eigenvalue weighted by molar-refractivity contribution is 0.408. The van der Waals surface area contributed by atoms with Crippen molar-refractivity contribution in [3.8, 4) is 0 Å². The summed E-state index contributed by atoms with van der Waals surface area (Å²) in [7, 11) is 0. The summed E-state index contributed by atoms with van der Waals surface area (Å²) in [5.74, 6) is 0. The highest BCUT2D eigenvalue weighted by Gasteiger charge is 2.25. The third-order valence-electron chi connectivity index (χ3n) is 3.00. The van der Waals surface area contributed by atoms with Crippen molar-refractivity contribution < 1.29 is 0 Å². The summed E-state index contributed by atoms with van der Waals surface area (Å²) in [6.07, 6.45) is 8.78. The summed E-state index contributed by atoms with van der Waals surface area (Å²) >= 11 is 0. The van der Waals surface area contributed by atoms with Crippen LogP contribution in [0.15, 0.2) is 60.5 Å². The number of nitrogens with one attached hydrogen (secondary N) is 1. The highest BCUT2D eigenvalue weighted by molar-refractivity contribution is 5.66. The average molecular weight is 210 g/mol. The number of hydrogen-bond donors (Lipinski definition) is 1. The highest BCUT2D eigenvalue weighted by atomic mass is 15.3. The summed E-state index contributed by atoms with van der Waals surface area (Å²) < 4.78 is 0. The second-order valence-electron chi connectivity index (χ2n) is 4.16. The molecular weight excluding hydrogens is 196 g/mol. The molecule has 2 heteroatoms. The van der Waals surface area contributed by atoms with E-state index in [9.17, 15) is 0 Å². The molecule has 0 radical (unpaired) electrons. The molecule has 2 nitrogen and oxygen atoms in total. The molecule has 0 aromatic heterocycles. The molecule has 0 aliphatic carbocycles. The first-order valence-electron chi connectivity index (χ1n) is 5.51. The van der Waals surface area contributed by atoms with Gasteiger partial charge in [0.15, 0.2) is 0 Å². The first-order valence-corrected chi connectivity index (χ1v) is 5.51. The van der Waals surface area contributed by atoms with Crippen LogP contribution in [-0.2, 0) is 0 Å². The van der Waals surface area contributed by atoms with Gasteiger partial charge in [-0.05, 0) is 24.1 Å². The maximum Gasteiger partial charge on any atom is 0.125 e. The van der Waals surface area contributed by atoms with Crippen LogP contribution < -0.4 is 5.32 Å². The minimum absolute atomic E-state index is 0.292. The number of hydrogen-bond acceptors (Lipinski definition) is 2. The summed E-state index contributed by atoms with van der Waals surface area (Å²) in [6, 6.07) is 10.4. The number of rotatable bonds is 1. The molecule has 1 N–H and O–H groups in total. The molecule has 0 spiro atoms. The predicted molar refractivity (Wildman–Crippen MR) is 66.1 cm³/mol. The van der Waals surface area contributed by atoms with E-state index in [1.165, 1.54) is 16.8 Å². The molecule has 0 unspecified atom stereocenters. The summed E-state index contributed by atoms with van der Waals surface area (Å²) in [5, 5.41) is 3.53. The number of benzene rings is 1. The van der Waals surface area contributed by atoms with Gasteiger partial charge in [0.25, 0.3) is 0 Å². The number of nitrogens with zero attached hydrogens (tertiary/aromatic N) is 1. The summed E-state index contributed by atoms with van der Waals surface area (Å²) in [4.78, 5) is 2.21. The van der Waals surface area contributed by atoms with Crippen molar-refractivity contribution in [1.82, 2.24) is 10.2 Å². The van der Waals surface area contributed by atoms with Gasteiger partial charge >= 0.3 is 0 Å². The molecule has 0 amide bonds. The van der Waals surface area contributed by atoms with Crippen LogP contribution in [0, 0.1) is 0 Å². The van der Waals surface area contributed by atoms with Gasteiger partial charge in [0.05, 0.1) is 5.70 Å². The highest BCUT2D eigenvalue weighted by Crippen LogP contribution is 2.26. The Morgan fingerprint density at radius 2 is 2.00 bits per heavy atom. The zero-order valence-electron chi connectivity index (χ0n) is 9.22. The van der Waals surface area contributed by atoms with Gasteiger partial charge in [-0.25, -0.2) is 0 Å². The van der Waals surface area contributed by atoms with Gasteiger partial charge in [-0.2, -0.15) is 0 Å². The lowest BCUT2D eigenvalue weighted by Crippen LogP contribution is -2.35. The molecule has 2 heterocycles. The Balaban J connectivity index is 1.92. The van der Waals surface area contributed by atoms with Crippen LogP contribution in [0.1, 0.15) is 12.5 Å². The maximum absolute atomic E-state index is 3.53. The van der Waals surface area contributed by atoms with E-state index in [4.69, 9.17) is 0 Å². The van der Waals surface area contributed by atoms with E-state index in [0.717, 1.165) is 0 Å². The fraction of sp³-hybridized carbons (Fsp3) is 0.143. The predicted octanol–water partition coefficient (Wildman–Crippen LogP) is 2.69. The zero-order valence-corrected chi connectivity index (χ0v) is 9.22. The Hall–Kier alpha value is -1.96. The quantitative estimate of drug-likeness (QED) is 0.766. The SMILES string of the molecule is CC1=CC=CN2C=C(c3ccccc3)N[C@@H]12. The van der Waals surface area contributed by atoms with Gasteiger partial charge in [-0.1, -0.05) is 36.4 Å². The molecule has 1 atom stereocenters. The van der Waals surface area contributed by atoms with Gasteiger partial charge in [-0.3, -0.25) is 0 Å². The molecule has 16 heavy (non-hydrogen) atoms. The van der Waals surface area contributed by atoms with Crippen molar-refractivity contribution in [3.63, 3.8) is 0 Å². The zero-order chi connectivity index (χ0) is 11.0. The fourth-order valence-corrected chi connectivity index (χ4v) is 2.12. The van der Waals surface area contributed by atoms with Gasteiger partial charge in [-0.15, -0.1) is 0 Å². The minimum atomic E-state index is 0.292. The molecule has 0 saturated carbocycles. The number of allylic oxidation sites excluding steroid dienone is 2. The Morgan fingerprint density at radius 1 is 1.19 bits per heavy atom. The van der Waals surface area contributed by atoms with Crippen LogP contribution in [-0.4, -0.2) is 11.1 Å². The topological polar surface area (TPSA) is 15.3 Å². The van der Waals surface area contributed by atoms with Crippen LogP contribution in [0.4, 0.5) is 0 Å². The van der Waals surface area contributed by atoms with E-state index in [-0.39, 0.29) is 0 Å². The van der Waals surface area contributed by atoms with Gasteiger partial charge < -0.3 is 10.2 Å². The molecule has 1 aromatic carbocycles. The van der Waals surface area contributed by atoms with Crippen molar-refractivity contribution >= 4 is 5.70 Å². The van der Waals surface area contributed by atoms with Gasteiger partial charge in [0, 0.05) is 12.4 Å². The second-order valence-corrected chi connectivity index (χ2v) is 4.16. The molecule has 2 aliphatic rings. The van der Waals surface area contributed by atoms with Crippen LogP contribution in [0.5, 0.6) is 0 Å². The normalized spacial score (nSPS) is 22.3. The van der Waals surface area contributed by atoms with Crippen LogP contribution in [0.25, 0.3) is 5.70 Å². The van der Waals surface area contributed by atoms with Crippen molar-refractivity contribution in [1.29, 1.82) is 0 Å². The van der Waals surface area contributed by atoms with Crippen molar-refractivity contribution in [2.75, 3.05) is 0 Å². The molecular formula is C14H14N2. The van der Waals surface area contributed by atoms with Crippen LogP contribution >= 0.6 is 0 Å². The lowest BCUT2D eigenvalue weighted by Gasteiger charge is -2.25. The maximum atomic E-state index is 3.53. The Morgan fingerprint density at radius 3 is 2.75 bits per heavy atom. The standard InChI is InChI=1S/C14H14N2/c1-11-6-5-9-16-10-13(15-14(11)16)12-7-3-2-4-8-12/h2-10,14-15H,1H3/t14-/m1/s1. The van der Waals surface area contributed by atoms with E-state index in [2.05, 4.69) is 66.0 Å². The molecule has 3 rings (SSSR count). The van der Waals surface area contributed by atoms with Gasteiger partial charge in [0.1, 0.15) is 6.17 Å². The smallest absolute Gasteiger partial charge is 0.125 e. The van der Waals surface area contributed by atoms with Crippen LogP contribution in [0.3, 0.4) is 0 Å². The monoisotopic (exact) mass is 210 g/mol. The number of fused-ring (bicyclic) bond motifs is 1. The first kappa shape index (κ1) is 9.28. The van der Waals surface area contributed by atoms with Gasteiger partial charge in [0.2, 0.25) is 0 Å². The summed E-state index contributed by atoms with van der Waals surface area (Å²) in [6.45, 7) is 2.15. The van der Waals surface area contributed by atoms with E-state index in [1.807, 2.05) is 6.07 Å². The average Bonchev–Trinajstić information content (AvgIpc) is 2.76. The molecule has 0 fully saturated rings. The second kappa shape index (κ2) is 3.56. The third-order valence-corrected chi connectivity index (χ3v) is 3.00. The van der Waals surface area contributed by atoms with E-state index < -0.39 is 0 Å². The molecule has 0 bridgehead atoms. The molecule has 80 valence electrons. The van der Waals surface area contributed by atoms with Crippen molar-refractivity contribution in [3.05, 3.63) is 66.0 Å². The Kier molecular flexibility index (Phi) is 2.07. The minimum Gasteiger partial charge on any atom is -0.360 e. The van der Waals surface area contributed by atoms with E-state index >= 15 is 0 Å². The van der Waals surface area contributed by atoms with E-state index in [1.54, 1.807) is 0 Å². The Bertz CT molecular complexity index is 483. The first-order chi connectivity index (χ1) is 7.84. The van der Waals surface area contributed by atoms with Crippen molar-refractivity contribution in [2.24, 2.45) is 0 Å². The van der Waals surface area contributed by atoms with E-state index in [0.29, 0.717) is 6.17 Å². The van der Waals surface area contributed by atoms with Crippen molar-refractivity contribution in [2.45, 2.75) is 13.1 Å². The third kappa shape index (κ3) is 1.43. The largest absolute Gasteiger partial charge is 0.360 e.